The Balaban J connectivity index is 1.78. The van der Waals surface area contributed by atoms with Crippen LogP contribution in [0.25, 0.3) is 6.08 Å². The summed E-state index contributed by atoms with van der Waals surface area (Å²) in [5.74, 6) is 0.360. The summed E-state index contributed by atoms with van der Waals surface area (Å²) in [6, 6.07) is -0.417. The Labute approximate surface area is 147 Å². The third-order valence-electron chi connectivity index (χ3n) is 4.23. The van der Waals surface area contributed by atoms with Crippen LogP contribution in [-0.2, 0) is 9.59 Å². The number of carbonyl (C=O) groups is 2. The minimum atomic E-state index is -0.646. The molecule has 0 radical (unpaired) electrons. The van der Waals surface area contributed by atoms with Gasteiger partial charge in [-0.05, 0) is 31.8 Å². The van der Waals surface area contributed by atoms with E-state index in [2.05, 4.69) is 20.6 Å². The number of nitrogens with one attached hydrogen (secondary N) is 3. The molecule has 8 heteroatoms. The fourth-order valence-electron chi connectivity index (χ4n) is 2.77. The van der Waals surface area contributed by atoms with Gasteiger partial charge in [0.05, 0.1) is 18.1 Å². The molecule has 1 aromatic rings. The lowest BCUT2D eigenvalue weighted by atomic mass is 9.89. The van der Waals surface area contributed by atoms with Gasteiger partial charge in [-0.15, -0.1) is 0 Å². The minimum absolute atomic E-state index is 0.0593. The molecule has 2 amide bonds. The van der Waals surface area contributed by atoms with E-state index >= 15 is 0 Å². The van der Waals surface area contributed by atoms with E-state index in [0.29, 0.717) is 17.4 Å². The van der Waals surface area contributed by atoms with Crippen molar-refractivity contribution >= 4 is 23.7 Å². The van der Waals surface area contributed by atoms with Crippen LogP contribution in [0.1, 0.15) is 44.7 Å². The van der Waals surface area contributed by atoms with Gasteiger partial charge in [0.25, 0.3) is 5.91 Å². The molecule has 0 bridgehead atoms. The van der Waals surface area contributed by atoms with Crippen molar-refractivity contribution < 1.29 is 14.8 Å². The third kappa shape index (κ3) is 6.50. The van der Waals surface area contributed by atoms with Crippen LogP contribution in [0.3, 0.4) is 0 Å². The summed E-state index contributed by atoms with van der Waals surface area (Å²) in [6.07, 6.45) is 11.7. The second-order valence-corrected chi connectivity index (χ2v) is 6.25. The quantitative estimate of drug-likeness (QED) is 0.337. The topological polar surface area (TPSA) is 116 Å². The van der Waals surface area contributed by atoms with E-state index in [1.807, 2.05) is 0 Å². The van der Waals surface area contributed by atoms with Gasteiger partial charge in [-0.2, -0.15) is 0 Å². The zero-order chi connectivity index (χ0) is 18.1. The first-order valence-electron chi connectivity index (χ1n) is 8.57. The van der Waals surface area contributed by atoms with Crippen molar-refractivity contribution in [3.63, 3.8) is 0 Å². The molecule has 8 nitrogen and oxygen atoms in total. The molecular formula is C17H25N5O3. The molecule has 0 saturated heterocycles. The lowest BCUT2D eigenvalue weighted by Gasteiger charge is -2.23. The van der Waals surface area contributed by atoms with Crippen LogP contribution in [0.4, 0.5) is 5.82 Å². The molecular weight excluding hydrogens is 322 g/mol. The number of hydrogen-bond acceptors (Lipinski definition) is 6. The highest BCUT2D eigenvalue weighted by Gasteiger charge is 2.17. The molecule has 1 heterocycles. The number of hydroxylamine groups is 1. The summed E-state index contributed by atoms with van der Waals surface area (Å²) >= 11 is 0. The van der Waals surface area contributed by atoms with Gasteiger partial charge in [0, 0.05) is 12.6 Å². The first-order chi connectivity index (χ1) is 12.1. The van der Waals surface area contributed by atoms with Crippen LogP contribution in [0, 0.1) is 5.92 Å². The van der Waals surface area contributed by atoms with Gasteiger partial charge in [0.2, 0.25) is 5.91 Å². The van der Waals surface area contributed by atoms with Crippen molar-refractivity contribution in [1.29, 1.82) is 0 Å². The van der Waals surface area contributed by atoms with E-state index in [9.17, 15) is 9.59 Å². The van der Waals surface area contributed by atoms with Crippen molar-refractivity contribution in [3.05, 3.63) is 24.2 Å². The molecule has 0 aromatic carbocycles. The molecule has 1 saturated carbocycles. The third-order valence-corrected chi connectivity index (χ3v) is 4.23. The Bertz CT molecular complexity index is 597. The smallest absolute Gasteiger partial charge is 0.267 e. The fourth-order valence-corrected chi connectivity index (χ4v) is 2.77. The van der Waals surface area contributed by atoms with E-state index in [1.54, 1.807) is 6.92 Å². The van der Waals surface area contributed by atoms with Gasteiger partial charge in [-0.3, -0.25) is 19.8 Å². The predicted octanol–water partition coefficient (Wildman–Crippen LogP) is 1.49. The second kappa shape index (κ2) is 9.73. The standard InChI is InChI=1S/C17H25N5O3/c1-12(17(24)20-9-13-5-3-2-4-6-13)21-15-11-18-14(10-19-15)7-8-16(23)22-25/h7-8,10-13,25H,2-6,9H2,1H3,(H,19,21)(H,20,24)(H,22,23)/b8-7+/t12-/m1/s1. The lowest BCUT2D eigenvalue weighted by molar-refractivity contribution is -0.124. The average molecular weight is 347 g/mol. The summed E-state index contributed by atoms with van der Waals surface area (Å²) in [4.78, 5) is 31.3. The summed E-state index contributed by atoms with van der Waals surface area (Å²) in [6.45, 7) is 2.50. The second-order valence-electron chi connectivity index (χ2n) is 6.25. The van der Waals surface area contributed by atoms with E-state index in [0.717, 1.165) is 12.6 Å². The summed E-state index contributed by atoms with van der Waals surface area (Å²) in [5.41, 5.74) is 1.95. The SMILES string of the molecule is C[C@@H](Nc1cnc(/C=C/C(=O)NO)cn1)C(=O)NCC1CCCCC1. The Hall–Kier alpha value is -2.48. The highest BCUT2D eigenvalue weighted by atomic mass is 16.5. The zero-order valence-electron chi connectivity index (χ0n) is 14.4. The van der Waals surface area contributed by atoms with Gasteiger partial charge >= 0.3 is 0 Å². The molecule has 1 aromatic heterocycles. The molecule has 0 aliphatic heterocycles. The first kappa shape index (κ1) is 18.9. The number of nitrogens with zero attached hydrogens (tertiary/aromatic N) is 2. The van der Waals surface area contributed by atoms with Crippen LogP contribution in [0.2, 0.25) is 0 Å². The van der Waals surface area contributed by atoms with Crippen molar-refractivity contribution in [2.24, 2.45) is 5.92 Å². The first-order valence-corrected chi connectivity index (χ1v) is 8.57. The lowest BCUT2D eigenvalue weighted by Crippen LogP contribution is -2.40. The highest BCUT2D eigenvalue weighted by molar-refractivity contribution is 5.90. The molecule has 1 aliphatic carbocycles. The molecule has 1 aliphatic rings. The number of aromatic nitrogens is 2. The minimum Gasteiger partial charge on any atom is -0.357 e. The molecule has 1 atom stereocenters. The Morgan fingerprint density at radius 3 is 2.68 bits per heavy atom. The number of amides is 2. The number of hydrogen-bond donors (Lipinski definition) is 4. The summed E-state index contributed by atoms with van der Waals surface area (Å²) in [7, 11) is 0. The molecule has 0 unspecified atom stereocenters. The predicted molar refractivity (Wildman–Crippen MR) is 93.7 cm³/mol. The van der Waals surface area contributed by atoms with Crippen LogP contribution in [0.5, 0.6) is 0 Å². The summed E-state index contributed by atoms with van der Waals surface area (Å²) < 4.78 is 0. The van der Waals surface area contributed by atoms with Crippen molar-refractivity contribution in [2.75, 3.05) is 11.9 Å². The monoisotopic (exact) mass is 347 g/mol. The van der Waals surface area contributed by atoms with Crippen LogP contribution in [-0.4, -0.2) is 39.6 Å². The molecule has 136 valence electrons. The average Bonchev–Trinajstić information content (AvgIpc) is 2.66. The maximum atomic E-state index is 12.2. The van der Waals surface area contributed by atoms with Crippen LogP contribution < -0.4 is 16.1 Å². The van der Waals surface area contributed by atoms with E-state index < -0.39 is 11.9 Å². The zero-order valence-corrected chi connectivity index (χ0v) is 14.4. The normalized spacial score (nSPS) is 16.4. The highest BCUT2D eigenvalue weighted by Crippen LogP contribution is 2.22. The van der Waals surface area contributed by atoms with Gasteiger partial charge < -0.3 is 10.6 Å². The van der Waals surface area contributed by atoms with Gasteiger partial charge in [-0.1, -0.05) is 19.3 Å². The molecule has 4 N–H and O–H groups in total. The molecule has 25 heavy (non-hydrogen) atoms. The Morgan fingerprint density at radius 1 is 1.28 bits per heavy atom. The number of carbonyl (C=O) groups excluding carboxylic acids is 2. The van der Waals surface area contributed by atoms with E-state index in [-0.39, 0.29) is 5.91 Å². The molecule has 2 rings (SSSR count). The van der Waals surface area contributed by atoms with Gasteiger partial charge in [0.15, 0.2) is 0 Å². The molecule has 1 fully saturated rings. The maximum Gasteiger partial charge on any atom is 0.267 e. The number of rotatable bonds is 7. The van der Waals surface area contributed by atoms with Crippen LogP contribution in [0.15, 0.2) is 18.5 Å². The molecule has 0 spiro atoms. The van der Waals surface area contributed by atoms with Gasteiger partial charge in [-0.25, -0.2) is 10.5 Å². The maximum absolute atomic E-state index is 12.2. The van der Waals surface area contributed by atoms with Gasteiger partial charge in [0.1, 0.15) is 11.9 Å². The van der Waals surface area contributed by atoms with E-state index in [4.69, 9.17) is 5.21 Å². The van der Waals surface area contributed by atoms with Crippen molar-refractivity contribution in [3.8, 4) is 0 Å². The Kier molecular flexibility index (Phi) is 7.34. The number of anilines is 1. The Morgan fingerprint density at radius 2 is 2.04 bits per heavy atom. The summed E-state index contributed by atoms with van der Waals surface area (Å²) in [5, 5.41) is 14.4. The van der Waals surface area contributed by atoms with E-state index in [1.165, 1.54) is 56.1 Å². The largest absolute Gasteiger partial charge is 0.357 e. The van der Waals surface area contributed by atoms with Crippen LogP contribution >= 0.6 is 0 Å². The fraction of sp³-hybridized carbons (Fsp3) is 0.529. The van der Waals surface area contributed by atoms with Crippen molar-refractivity contribution in [1.82, 2.24) is 20.8 Å². The van der Waals surface area contributed by atoms with Crippen molar-refractivity contribution in [2.45, 2.75) is 45.1 Å².